The van der Waals surface area contributed by atoms with Crippen LogP contribution >= 0.6 is 0 Å². The molecule has 3 heteroatoms. The van der Waals surface area contributed by atoms with Crippen molar-refractivity contribution in [2.24, 2.45) is 0 Å². The first-order valence-electron chi connectivity index (χ1n) is 7.19. The summed E-state index contributed by atoms with van der Waals surface area (Å²) in [7, 11) is 0. The summed E-state index contributed by atoms with van der Waals surface area (Å²) in [5.74, 6) is 0.146. The van der Waals surface area contributed by atoms with Gasteiger partial charge in [-0.1, -0.05) is 17.7 Å². The van der Waals surface area contributed by atoms with E-state index in [4.69, 9.17) is 0 Å². The fraction of sp³-hybridized carbons (Fsp3) is 0.562. The van der Waals surface area contributed by atoms with Gasteiger partial charge in [0.15, 0.2) is 0 Å². The Bertz CT molecular complexity index is 436. The first-order chi connectivity index (χ1) is 9.08. The number of hydrogen-bond acceptors (Lipinski definition) is 2. The fourth-order valence-electron chi connectivity index (χ4n) is 2.62. The molecular weight excluding hydrogens is 236 g/mol. The lowest BCUT2D eigenvalue weighted by Crippen LogP contribution is -2.44. The zero-order valence-electron chi connectivity index (χ0n) is 12.1. The van der Waals surface area contributed by atoms with E-state index in [1.54, 1.807) is 0 Å². The highest BCUT2D eigenvalue weighted by molar-refractivity contribution is 5.94. The molecule has 0 spiro atoms. The standard InChI is InChI=1S/C16H24N2O/c1-12(2)18(11-15-8-5-9-17-15)16(19)14-7-4-6-13(3)10-14/h4,6-7,10,12,15,17H,5,8-9,11H2,1-3H3. The van der Waals surface area contributed by atoms with Gasteiger partial charge in [0.2, 0.25) is 0 Å². The van der Waals surface area contributed by atoms with E-state index in [0.29, 0.717) is 6.04 Å². The Balaban J connectivity index is 2.11. The summed E-state index contributed by atoms with van der Waals surface area (Å²) in [5.41, 5.74) is 1.93. The van der Waals surface area contributed by atoms with Crippen molar-refractivity contribution in [2.45, 2.75) is 45.7 Å². The normalized spacial score (nSPS) is 18.8. The van der Waals surface area contributed by atoms with E-state index in [9.17, 15) is 4.79 Å². The Hall–Kier alpha value is -1.35. The van der Waals surface area contributed by atoms with Crippen LogP contribution in [0, 0.1) is 6.92 Å². The maximum atomic E-state index is 12.6. The zero-order valence-corrected chi connectivity index (χ0v) is 12.1. The largest absolute Gasteiger partial charge is 0.335 e. The van der Waals surface area contributed by atoms with Crippen LogP contribution < -0.4 is 5.32 Å². The van der Waals surface area contributed by atoms with Crippen LogP contribution in [-0.2, 0) is 0 Å². The van der Waals surface area contributed by atoms with Crippen molar-refractivity contribution in [3.05, 3.63) is 35.4 Å². The third-order valence-electron chi connectivity index (χ3n) is 3.73. The van der Waals surface area contributed by atoms with Crippen molar-refractivity contribution >= 4 is 5.91 Å². The van der Waals surface area contributed by atoms with Gasteiger partial charge in [-0.2, -0.15) is 0 Å². The predicted octanol–water partition coefficient (Wildman–Crippen LogP) is 2.60. The molecule has 1 aliphatic rings. The van der Waals surface area contributed by atoms with Crippen molar-refractivity contribution < 1.29 is 4.79 Å². The highest BCUT2D eigenvalue weighted by Crippen LogP contribution is 2.14. The molecule has 1 heterocycles. The second-order valence-electron chi connectivity index (χ2n) is 5.71. The van der Waals surface area contributed by atoms with Crippen LogP contribution in [0.1, 0.15) is 42.6 Å². The molecule has 1 aliphatic heterocycles. The molecule has 3 nitrogen and oxygen atoms in total. The molecule has 1 N–H and O–H groups in total. The van der Waals surface area contributed by atoms with E-state index in [-0.39, 0.29) is 11.9 Å². The van der Waals surface area contributed by atoms with Crippen LogP contribution in [0.15, 0.2) is 24.3 Å². The van der Waals surface area contributed by atoms with Gasteiger partial charge in [0.1, 0.15) is 0 Å². The number of rotatable bonds is 4. The molecule has 2 rings (SSSR count). The Morgan fingerprint density at radius 2 is 2.26 bits per heavy atom. The molecule has 1 unspecified atom stereocenters. The van der Waals surface area contributed by atoms with E-state index >= 15 is 0 Å². The predicted molar refractivity (Wildman–Crippen MR) is 78.4 cm³/mol. The third kappa shape index (κ3) is 3.57. The number of hydrogen-bond donors (Lipinski definition) is 1. The molecule has 1 aromatic rings. The van der Waals surface area contributed by atoms with Crippen LogP contribution in [0.3, 0.4) is 0 Å². The highest BCUT2D eigenvalue weighted by Gasteiger charge is 2.24. The SMILES string of the molecule is Cc1cccc(C(=O)N(CC2CCCN2)C(C)C)c1. The highest BCUT2D eigenvalue weighted by atomic mass is 16.2. The van der Waals surface area contributed by atoms with Crippen LogP contribution in [0.5, 0.6) is 0 Å². The first-order valence-corrected chi connectivity index (χ1v) is 7.19. The smallest absolute Gasteiger partial charge is 0.254 e. The summed E-state index contributed by atoms with van der Waals surface area (Å²) in [6, 6.07) is 8.54. The molecule has 19 heavy (non-hydrogen) atoms. The van der Waals surface area contributed by atoms with E-state index in [1.807, 2.05) is 36.1 Å². The Labute approximate surface area is 116 Å². The van der Waals surface area contributed by atoms with Gasteiger partial charge in [-0.15, -0.1) is 0 Å². The van der Waals surface area contributed by atoms with Crippen molar-refractivity contribution in [2.75, 3.05) is 13.1 Å². The lowest BCUT2D eigenvalue weighted by Gasteiger charge is -2.29. The monoisotopic (exact) mass is 260 g/mol. The molecule has 0 aromatic heterocycles. The van der Waals surface area contributed by atoms with Gasteiger partial charge in [0, 0.05) is 24.2 Å². The number of carbonyl (C=O) groups excluding carboxylic acids is 1. The second-order valence-corrected chi connectivity index (χ2v) is 5.71. The van der Waals surface area contributed by atoms with E-state index in [2.05, 4.69) is 19.2 Å². The number of benzene rings is 1. The Kier molecular flexibility index (Phi) is 4.59. The Morgan fingerprint density at radius 3 is 2.84 bits per heavy atom. The third-order valence-corrected chi connectivity index (χ3v) is 3.73. The zero-order chi connectivity index (χ0) is 13.8. The van der Waals surface area contributed by atoms with Crippen molar-refractivity contribution in [3.8, 4) is 0 Å². The van der Waals surface area contributed by atoms with Gasteiger partial charge in [0.25, 0.3) is 5.91 Å². The molecule has 1 aromatic carbocycles. The fourth-order valence-corrected chi connectivity index (χ4v) is 2.62. The molecule has 0 radical (unpaired) electrons. The van der Waals surface area contributed by atoms with Crippen molar-refractivity contribution in [1.29, 1.82) is 0 Å². The van der Waals surface area contributed by atoms with Gasteiger partial charge >= 0.3 is 0 Å². The number of aryl methyl sites for hydroxylation is 1. The molecule has 0 saturated carbocycles. The molecule has 1 amide bonds. The van der Waals surface area contributed by atoms with E-state index in [1.165, 1.54) is 12.8 Å². The molecule has 0 aliphatic carbocycles. The maximum absolute atomic E-state index is 12.6. The van der Waals surface area contributed by atoms with Gasteiger partial charge in [-0.3, -0.25) is 4.79 Å². The number of carbonyl (C=O) groups is 1. The number of amides is 1. The van der Waals surface area contributed by atoms with Crippen LogP contribution in [0.4, 0.5) is 0 Å². The average molecular weight is 260 g/mol. The van der Waals surface area contributed by atoms with Crippen LogP contribution in [0.2, 0.25) is 0 Å². The molecule has 1 atom stereocenters. The van der Waals surface area contributed by atoms with Crippen LogP contribution in [-0.4, -0.2) is 36.0 Å². The van der Waals surface area contributed by atoms with E-state index < -0.39 is 0 Å². The summed E-state index contributed by atoms with van der Waals surface area (Å²) in [6.07, 6.45) is 2.39. The lowest BCUT2D eigenvalue weighted by atomic mass is 10.1. The molecular formula is C16H24N2O. The molecule has 104 valence electrons. The number of nitrogens with zero attached hydrogens (tertiary/aromatic N) is 1. The minimum Gasteiger partial charge on any atom is -0.335 e. The second kappa shape index (κ2) is 6.20. The van der Waals surface area contributed by atoms with E-state index in [0.717, 1.165) is 24.2 Å². The summed E-state index contributed by atoms with van der Waals surface area (Å²) in [5, 5.41) is 3.47. The topological polar surface area (TPSA) is 32.3 Å². The lowest BCUT2D eigenvalue weighted by molar-refractivity contribution is 0.0689. The van der Waals surface area contributed by atoms with Crippen molar-refractivity contribution in [1.82, 2.24) is 10.2 Å². The molecule has 0 bridgehead atoms. The van der Waals surface area contributed by atoms with Crippen molar-refractivity contribution in [3.63, 3.8) is 0 Å². The van der Waals surface area contributed by atoms with Gasteiger partial charge in [-0.25, -0.2) is 0 Å². The quantitative estimate of drug-likeness (QED) is 0.902. The minimum absolute atomic E-state index is 0.146. The van der Waals surface area contributed by atoms with Gasteiger partial charge < -0.3 is 10.2 Å². The van der Waals surface area contributed by atoms with Crippen LogP contribution in [0.25, 0.3) is 0 Å². The maximum Gasteiger partial charge on any atom is 0.254 e. The Morgan fingerprint density at radius 1 is 1.47 bits per heavy atom. The van der Waals surface area contributed by atoms with Gasteiger partial charge in [-0.05, 0) is 52.3 Å². The summed E-state index contributed by atoms with van der Waals surface area (Å²) in [4.78, 5) is 14.6. The molecule has 1 saturated heterocycles. The average Bonchev–Trinajstić information content (AvgIpc) is 2.87. The molecule has 1 fully saturated rings. The minimum atomic E-state index is 0.146. The first kappa shape index (κ1) is 14.1. The summed E-state index contributed by atoms with van der Waals surface area (Å²) < 4.78 is 0. The van der Waals surface area contributed by atoms with Gasteiger partial charge in [0.05, 0.1) is 0 Å². The number of nitrogens with one attached hydrogen (secondary N) is 1. The summed E-state index contributed by atoms with van der Waals surface area (Å²) in [6.45, 7) is 8.08. The summed E-state index contributed by atoms with van der Waals surface area (Å²) >= 11 is 0.